The van der Waals surface area contributed by atoms with Gasteiger partial charge in [0, 0.05) is 10.8 Å². The molecule has 0 aliphatic rings. The molecule has 96 valence electrons. The number of para-hydroxylation sites is 2. The van der Waals surface area contributed by atoms with Gasteiger partial charge in [0.15, 0.2) is 5.16 Å². The molecule has 5 heteroatoms. The first-order chi connectivity index (χ1) is 9.22. The van der Waals surface area contributed by atoms with Gasteiger partial charge in [0.1, 0.15) is 5.82 Å². The first-order valence-electron chi connectivity index (χ1n) is 5.74. The quantitative estimate of drug-likeness (QED) is 0.712. The van der Waals surface area contributed by atoms with Crippen LogP contribution in [0.2, 0.25) is 5.02 Å². The summed E-state index contributed by atoms with van der Waals surface area (Å²) in [6.45, 7) is 0. The normalized spacial score (nSPS) is 11.1. The second-order valence-electron chi connectivity index (χ2n) is 4.08. The van der Waals surface area contributed by atoms with Crippen LogP contribution in [0.3, 0.4) is 0 Å². The van der Waals surface area contributed by atoms with Crippen LogP contribution in [0.1, 0.15) is 5.56 Å². The molecule has 2 nitrogen and oxygen atoms in total. The first-order valence-corrected chi connectivity index (χ1v) is 7.10. The number of aromatic amines is 1. The number of aromatic nitrogens is 2. The average Bonchev–Trinajstić information content (AvgIpc) is 2.80. The van der Waals surface area contributed by atoms with Crippen LogP contribution in [0.5, 0.6) is 0 Å². The van der Waals surface area contributed by atoms with Gasteiger partial charge < -0.3 is 4.98 Å². The van der Waals surface area contributed by atoms with Crippen LogP contribution in [-0.4, -0.2) is 9.97 Å². The maximum Gasteiger partial charge on any atom is 0.166 e. The summed E-state index contributed by atoms with van der Waals surface area (Å²) in [7, 11) is 0. The van der Waals surface area contributed by atoms with Crippen LogP contribution in [0, 0.1) is 5.82 Å². The summed E-state index contributed by atoms with van der Waals surface area (Å²) in [6.07, 6.45) is 0. The van der Waals surface area contributed by atoms with E-state index >= 15 is 0 Å². The largest absolute Gasteiger partial charge is 0.333 e. The summed E-state index contributed by atoms with van der Waals surface area (Å²) < 4.78 is 12.9. The van der Waals surface area contributed by atoms with E-state index in [2.05, 4.69) is 9.97 Å². The van der Waals surface area contributed by atoms with Gasteiger partial charge in [-0.1, -0.05) is 41.6 Å². The minimum absolute atomic E-state index is 0.317. The molecule has 0 amide bonds. The Hall–Kier alpha value is -1.52. The molecule has 0 spiro atoms. The molecule has 0 bridgehead atoms. The van der Waals surface area contributed by atoms with Gasteiger partial charge in [-0.3, -0.25) is 0 Å². The van der Waals surface area contributed by atoms with Crippen molar-refractivity contribution < 1.29 is 4.39 Å². The third kappa shape index (κ3) is 2.74. The maximum atomic E-state index is 12.9. The topological polar surface area (TPSA) is 28.7 Å². The van der Waals surface area contributed by atoms with E-state index in [1.807, 2.05) is 24.3 Å². The number of thioether (sulfide) groups is 1. The number of nitrogens with zero attached hydrogens (tertiary/aromatic N) is 1. The number of benzene rings is 2. The number of rotatable bonds is 3. The van der Waals surface area contributed by atoms with Crippen molar-refractivity contribution in [3.63, 3.8) is 0 Å². The van der Waals surface area contributed by atoms with Crippen LogP contribution >= 0.6 is 23.4 Å². The monoisotopic (exact) mass is 292 g/mol. The fraction of sp³-hybridized carbons (Fsp3) is 0.0714. The third-order valence-corrected chi connectivity index (χ3v) is 4.02. The smallest absolute Gasteiger partial charge is 0.166 e. The molecule has 0 atom stereocenters. The Balaban J connectivity index is 1.78. The van der Waals surface area contributed by atoms with Gasteiger partial charge in [0.2, 0.25) is 0 Å². The number of imidazole rings is 1. The third-order valence-electron chi connectivity index (χ3n) is 2.75. The molecule has 0 saturated heterocycles. The molecular formula is C14H10ClFN2S. The highest BCUT2D eigenvalue weighted by molar-refractivity contribution is 7.98. The van der Waals surface area contributed by atoms with Gasteiger partial charge in [0.25, 0.3) is 0 Å². The van der Waals surface area contributed by atoms with E-state index in [1.54, 1.807) is 17.8 Å². The minimum atomic E-state index is -0.317. The Labute approximate surface area is 119 Å². The summed E-state index contributed by atoms with van der Waals surface area (Å²) in [4.78, 5) is 7.70. The standard InChI is InChI=1S/C14H10ClFN2S/c15-11-7-10(16)6-5-9(11)8-19-14-17-12-3-1-2-4-13(12)18-14/h1-7H,8H2,(H,17,18). The highest BCUT2D eigenvalue weighted by Gasteiger charge is 2.06. The zero-order valence-corrected chi connectivity index (χ0v) is 11.4. The van der Waals surface area contributed by atoms with E-state index in [4.69, 9.17) is 11.6 Å². The number of halogens is 2. The van der Waals surface area contributed by atoms with Crippen molar-refractivity contribution in [2.75, 3.05) is 0 Å². The van der Waals surface area contributed by atoms with E-state index in [9.17, 15) is 4.39 Å². The second kappa shape index (κ2) is 5.23. The summed E-state index contributed by atoms with van der Waals surface area (Å²) in [5.74, 6) is 0.335. The molecule has 19 heavy (non-hydrogen) atoms. The molecular weight excluding hydrogens is 283 g/mol. The number of hydrogen-bond acceptors (Lipinski definition) is 2. The molecule has 0 aliphatic carbocycles. The Morgan fingerprint density at radius 1 is 1.21 bits per heavy atom. The lowest BCUT2D eigenvalue weighted by molar-refractivity contribution is 0.627. The summed E-state index contributed by atoms with van der Waals surface area (Å²) in [5.41, 5.74) is 2.85. The fourth-order valence-corrected chi connectivity index (χ4v) is 2.98. The van der Waals surface area contributed by atoms with Crippen molar-refractivity contribution in [1.29, 1.82) is 0 Å². The summed E-state index contributed by atoms with van der Waals surface area (Å²) in [5, 5.41) is 1.28. The van der Waals surface area contributed by atoms with Crippen molar-refractivity contribution >= 4 is 34.4 Å². The Morgan fingerprint density at radius 2 is 2.05 bits per heavy atom. The molecule has 1 aromatic heterocycles. The van der Waals surface area contributed by atoms with Gasteiger partial charge >= 0.3 is 0 Å². The van der Waals surface area contributed by atoms with Crippen molar-refractivity contribution in [3.05, 3.63) is 58.9 Å². The number of H-pyrrole nitrogens is 1. The molecule has 0 saturated carbocycles. The number of nitrogens with one attached hydrogen (secondary N) is 1. The Kier molecular flexibility index (Phi) is 3.44. The van der Waals surface area contributed by atoms with Crippen molar-refractivity contribution in [1.82, 2.24) is 9.97 Å². The van der Waals surface area contributed by atoms with Gasteiger partial charge in [-0.25, -0.2) is 9.37 Å². The summed E-state index contributed by atoms with van der Waals surface area (Å²) >= 11 is 7.54. The minimum Gasteiger partial charge on any atom is -0.333 e. The van der Waals surface area contributed by atoms with E-state index in [0.717, 1.165) is 21.8 Å². The number of fused-ring (bicyclic) bond motifs is 1. The van der Waals surface area contributed by atoms with Crippen molar-refractivity contribution in [2.24, 2.45) is 0 Å². The van der Waals surface area contributed by atoms with Gasteiger partial charge in [-0.05, 0) is 29.8 Å². The lowest BCUT2D eigenvalue weighted by Crippen LogP contribution is -1.85. The zero-order chi connectivity index (χ0) is 13.2. The van der Waals surface area contributed by atoms with Gasteiger partial charge in [-0.15, -0.1) is 0 Å². The fourth-order valence-electron chi connectivity index (χ4n) is 1.78. The molecule has 0 radical (unpaired) electrons. The second-order valence-corrected chi connectivity index (χ2v) is 5.45. The van der Waals surface area contributed by atoms with E-state index in [1.165, 1.54) is 12.1 Å². The molecule has 0 fully saturated rings. The predicted octanol–water partition coefficient (Wildman–Crippen LogP) is 4.65. The average molecular weight is 293 g/mol. The first kappa shape index (κ1) is 12.5. The van der Waals surface area contributed by atoms with Crippen LogP contribution in [0.15, 0.2) is 47.6 Å². The molecule has 1 N–H and O–H groups in total. The van der Waals surface area contributed by atoms with Crippen molar-refractivity contribution in [2.45, 2.75) is 10.9 Å². The van der Waals surface area contributed by atoms with Crippen molar-refractivity contribution in [3.8, 4) is 0 Å². The lowest BCUT2D eigenvalue weighted by Gasteiger charge is -2.02. The molecule has 2 aromatic carbocycles. The highest BCUT2D eigenvalue weighted by atomic mass is 35.5. The van der Waals surface area contributed by atoms with Crippen LogP contribution in [0.4, 0.5) is 4.39 Å². The van der Waals surface area contributed by atoms with Gasteiger partial charge in [-0.2, -0.15) is 0 Å². The maximum absolute atomic E-state index is 12.9. The summed E-state index contributed by atoms with van der Waals surface area (Å²) in [6, 6.07) is 12.3. The van der Waals surface area contributed by atoms with E-state index in [-0.39, 0.29) is 5.82 Å². The lowest BCUT2D eigenvalue weighted by atomic mass is 10.2. The van der Waals surface area contributed by atoms with E-state index < -0.39 is 0 Å². The molecule has 3 aromatic rings. The number of hydrogen-bond donors (Lipinski definition) is 1. The predicted molar refractivity (Wildman–Crippen MR) is 77.1 cm³/mol. The van der Waals surface area contributed by atoms with Gasteiger partial charge in [0.05, 0.1) is 11.0 Å². The van der Waals surface area contributed by atoms with Crippen LogP contribution < -0.4 is 0 Å². The highest BCUT2D eigenvalue weighted by Crippen LogP contribution is 2.26. The molecule has 0 aliphatic heterocycles. The zero-order valence-electron chi connectivity index (χ0n) is 9.86. The SMILES string of the molecule is Fc1ccc(CSc2nc3ccccc3[nH]2)c(Cl)c1. The molecule has 0 unspecified atom stereocenters. The Bertz CT molecular complexity index is 693. The molecule has 3 rings (SSSR count). The van der Waals surface area contributed by atoms with Crippen LogP contribution in [0.25, 0.3) is 11.0 Å². The van der Waals surface area contributed by atoms with Crippen LogP contribution in [-0.2, 0) is 5.75 Å². The van der Waals surface area contributed by atoms with E-state index in [0.29, 0.717) is 10.8 Å². The Morgan fingerprint density at radius 3 is 2.84 bits per heavy atom. The molecule has 1 heterocycles.